The number of nitrogens with two attached hydrogens (primary N) is 2. The second-order valence-corrected chi connectivity index (χ2v) is 2.38. The van der Waals surface area contributed by atoms with Gasteiger partial charge in [-0.05, 0) is 6.08 Å². The van der Waals surface area contributed by atoms with Crippen LogP contribution in [-0.2, 0) is 9.59 Å². The van der Waals surface area contributed by atoms with Crippen molar-refractivity contribution in [3.8, 4) is 0 Å². The Hall–Kier alpha value is -1.49. The van der Waals surface area contributed by atoms with E-state index in [-0.39, 0.29) is 18.0 Å². The molecular weight excluding hydrogens is 194 g/mol. The summed E-state index contributed by atoms with van der Waals surface area (Å²) in [4.78, 5) is 21.3. The van der Waals surface area contributed by atoms with Crippen LogP contribution in [0.3, 0.4) is 0 Å². The van der Waals surface area contributed by atoms with E-state index in [1.807, 2.05) is 0 Å². The minimum Gasteiger partial charge on any atom is -0.386 e. The van der Waals surface area contributed by atoms with Gasteiger partial charge in [0, 0.05) is 18.3 Å². The molecule has 72 valence electrons. The largest absolute Gasteiger partial charge is 0.386 e. The smallest absolute Gasteiger partial charge is 0.250 e. The molecule has 0 aromatic carbocycles. The third-order valence-electron chi connectivity index (χ3n) is 1.48. The van der Waals surface area contributed by atoms with E-state index in [0.29, 0.717) is 12.1 Å². The highest BCUT2D eigenvalue weighted by Gasteiger charge is 2.12. The van der Waals surface area contributed by atoms with Gasteiger partial charge in [-0.2, -0.15) is 0 Å². The fourth-order valence-corrected chi connectivity index (χ4v) is 0.852. The summed E-state index contributed by atoms with van der Waals surface area (Å²) in [7, 11) is 0. The van der Waals surface area contributed by atoms with Gasteiger partial charge in [0.05, 0.1) is 5.57 Å². The Labute approximate surface area is 81.2 Å². The summed E-state index contributed by atoms with van der Waals surface area (Å²) in [5, 5.41) is 2.72. The molecule has 6 heteroatoms. The number of halogens is 1. The average molecular weight is 204 g/mol. The van der Waals surface area contributed by atoms with Crippen molar-refractivity contribution in [3.05, 3.63) is 23.4 Å². The Morgan fingerprint density at radius 1 is 1.31 bits per heavy atom. The monoisotopic (exact) mass is 203 g/mol. The van der Waals surface area contributed by atoms with Crippen LogP contribution in [0, 0.1) is 0 Å². The Balaban J connectivity index is 0.00000144. The standard InChI is InChI=1S/C7H9N3O2.ClH/c8-6(11)4-1-5(7(9)12)3-10-2-4;/h1-2,10H,3H2,(H2,8,11)(H2,9,12);1H. The van der Waals surface area contributed by atoms with E-state index < -0.39 is 11.8 Å². The number of amides is 2. The van der Waals surface area contributed by atoms with E-state index in [1.54, 1.807) is 0 Å². The fraction of sp³-hybridized carbons (Fsp3) is 0.143. The van der Waals surface area contributed by atoms with E-state index in [2.05, 4.69) is 5.32 Å². The Kier molecular flexibility index (Phi) is 4.00. The number of primary amides is 2. The lowest BCUT2D eigenvalue weighted by Crippen LogP contribution is -2.28. The highest BCUT2D eigenvalue weighted by molar-refractivity contribution is 6.00. The van der Waals surface area contributed by atoms with Gasteiger partial charge in [-0.3, -0.25) is 9.59 Å². The third-order valence-corrected chi connectivity index (χ3v) is 1.48. The van der Waals surface area contributed by atoms with Gasteiger partial charge < -0.3 is 16.8 Å². The molecule has 13 heavy (non-hydrogen) atoms. The van der Waals surface area contributed by atoms with E-state index >= 15 is 0 Å². The summed E-state index contributed by atoms with van der Waals surface area (Å²) < 4.78 is 0. The Morgan fingerprint density at radius 2 is 1.92 bits per heavy atom. The molecule has 0 fully saturated rings. The van der Waals surface area contributed by atoms with E-state index in [1.165, 1.54) is 12.3 Å². The number of hydrogen-bond acceptors (Lipinski definition) is 3. The first-order chi connectivity index (χ1) is 5.61. The summed E-state index contributed by atoms with van der Waals surface area (Å²) in [6.07, 6.45) is 2.84. The molecular formula is C7H10ClN3O2. The van der Waals surface area contributed by atoms with Crippen LogP contribution in [0.4, 0.5) is 0 Å². The van der Waals surface area contributed by atoms with Crippen LogP contribution in [0.15, 0.2) is 23.4 Å². The summed E-state index contributed by atoms with van der Waals surface area (Å²) in [5.41, 5.74) is 10.6. The first-order valence-electron chi connectivity index (χ1n) is 3.35. The van der Waals surface area contributed by atoms with Crippen molar-refractivity contribution in [1.29, 1.82) is 0 Å². The quantitative estimate of drug-likeness (QED) is 0.525. The second-order valence-electron chi connectivity index (χ2n) is 2.38. The number of carbonyl (C=O) groups is 2. The predicted octanol–water partition coefficient (Wildman–Crippen LogP) is -1.21. The zero-order valence-electron chi connectivity index (χ0n) is 6.74. The second kappa shape index (κ2) is 4.51. The predicted molar refractivity (Wildman–Crippen MR) is 49.8 cm³/mol. The van der Waals surface area contributed by atoms with Crippen LogP contribution in [0.2, 0.25) is 0 Å². The Morgan fingerprint density at radius 3 is 2.38 bits per heavy atom. The molecule has 1 heterocycles. The molecule has 5 N–H and O–H groups in total. The van der Waals surface area contributed by atoms with Gasteiger partial charge in [0.2, 0.25) is 11.8 Å². The number of carbonyl (C=O) groups excluding carboxylic acids is 2. The first-order valence-corrected chi connectivity index (χ1v) is 3.35. The number of rotatable bonds is 2. The maximum absolute atomic E-state index is 10.7. The highest BCUT2D eigenvalue weighted by atomic mass is 35.5. The maximum Gasteiger partial charge on any atom is 0.250 e. The van der Waals surface area contributed by atoms with Crippen LogP contribution in [0.5, 0.6) is 0 Å². The van der Waals surface area contributed by atoms with Crippen molar-refractivity contribution in [3.63, 3.8) is 0 Å². The highest BCUT2D eigenvalue weighted by Crippen LogP contribution is 2.05. The van der Waals surface area contributed by atoms with Crippen molar-refractivity contribution in [1.82, 2.24) is 5.32 Å². The van der Waals surface area contributed by atoms with Crippen LogP contribution < -0.4 is 16.8 Å². The summed E-state index contributed by atoms with van der Waals surface area (Å²) in [6, 6.07) is 0. The molecule has 0 spiro atoms. The van der Waals surface area contributed by atoms with E-state index in [4.69, 9.17) is 11.5 Å². The van der Waals surface area contributed by atoms with Gasteiger partial charge in [0.15, 0.2) is 0 Å². The molecule has 0 radical (unpaired) electrons. The third kappa shape index (κ3) is 2.79. The van der Waals surface area contributed by atoms with Gasteiger partial charge in [0.25, 0.3) is 0 Å². The van der Waals surface area contributed by atoms with Crippen molar-refractivity contribution in [2.24, 2.45) is 11.5 Å². The zero-order valence-corrected chi connectivity index (χ0v) is 7.56. The van der Waals surface area contributed by atoms with Gasteiger partial charge >= 0.3 is 0 Å². The zero-order chi connectivity index (χ0) is 9.14. The molecule has 0 atom stereocenters. The van der Waals surface area contributed by atoms with Crippen LogP contribution in [0.25, 0.3) is 0 Å². The molecule has 1 rings (SSSR count). The van der Waals surface area contributed by atoms with Crippen molar-refractivity contribution in [2.75, 3.05) is 6.54 Å². The minimum absolute atomic E-state index is 0. The molecule has 1 aliphatic rings. The van der Waals surface area contributed by atoms with Gasteiger partial charge in [0.1, 0.15) is 0 Å². The molecule has 0 aromatic heterocycles. The lowest BCUT2D eigenvalue weighted by atomic mass is 10.1. The molecule has 5 nitrogen and oxygen atoms in total. The van der Waals surface area contributed by atoms with Crippen LogP contribution >= 0.6 is 12.4 Å². The molecule has 0 saturated heterocycles. The molecule has 0 aliphatic carbocycles. The van der Waals surface area contributed by atoms with E-state index in [0.717, 1.165) is 0 Å². The van der Waals surface area contributed by atoms with Gasteiger partial charge in [-0.1, -0.05) is 0 Å². The molecule has 0 aromatic rings. The number of dihydropyridines is 1. The number of hydrogen-bond donors (Lipinski definition) is 3. The van der Waals surface area contributed by atoms with Crippen molar-refractivity contribution >= 4 is 24.2 Å². The minimum atomic E-state index is -0.582. The average Bonchev–Trinajstić information content (AvgIpc) is 2.04. The molecule has 1 aliphatic heterocycles. The summed E-state index contributed by atoms with van der Waals surface area (Å²) in [6.45, 7) is 0.339. The summed E-state index contributed by atoms with van der Waals surface area (Å²) in [5.74, 6) is -1.13. The molecule has 0 unspecified atom stereocenters. The van der Waals surface area contributed by atoms with Crippen LogP contribution in [0.1, 0.15) is 0 Å². The Bertz CT molecular complexity index is 296. The van der Waals surface area contributed by atoms with Crippen molar-refractivity contribution in [2.45, 2.75) is 0 Å². The van der Waals surface area contributed by atoms with Crippen LogP contribution in [-0.4, -0.2) is 18.4 Å². The lowest BCUT2D eigenvalue weighted by Gasteiger charge is -2.10. The SMILES string of the molecule is Cl.NC(=O)C1=CNCC(C(N)=O)=C1. The maximum atomic E-state index is 10.7. The fourth-order valence-electron chi connectivity index (χ4n) is 0.852. The van der Waals surface area contributed by atoms with Gasteiger partial charge in [-0.25, -0.2) is 0 Å². The number of nitrogens with one attached hydrogen (secondary N) is 1. The normalized spacial score (nSPS) is 14.5. The molecule has 2 amide bonds. The lowest BCUT2D eigenvalue weighted by molar-refractivity contribution is -0.114. The summed E-state index contributed by atoms with van der Waals surface area (Å²) >= 11 is 0. The first kappa shape index (κ1) is 11.5. The molecule has 0 saturated carbocycles. The van der Waals surface area contributed by atoms with E-state index in [9.17, 15) is 9.59 Å². The van der Waals surface area contributed by atoms with Crippen molar-refractivity contribution < 1.29 is 9.59 Å². The van der Waals surface area contributed by atoms with Gasteiger partial charge in [-0.15, -0.1) is 12.4 Å². The molecule has 0 bridgehead atoms. The topological polar surface area (TPSA) is 98.2 Å².